The number of aromatic nitrogens is 5. The third-order valence-electron chi connectivity index (χ3n) is 5.56. The predicted octanol–water partition coefficient (Wildman–Crippen LogP) is 2.67. The highest BCUT2D eigenvalue weighted by atomic mass is 19.1. The Morgan fingerprint density at radius 1 is 1.18 bits per heavy atom. The summed E-state index contributed by atoms with van der Waals surface area (Å²) in [5, 5.41) is 19.3. The van der Waals surface area contributed by atoms with Crippen LogP contribution in [0.2, 0.25) is 0 Å². The zero-order chi connectivity index (χ0) is 26.3. The molecule has 11 nitrogen and oxygen atoms in total. The summed E-state index contributed by atoms with van der Waals surface area (Å²) in [6, 6.07) is 3.90. The molecule has 0 radical (unpaired) electrons. The largest absolute Gasteiger partial charge is 0.494 e. The number of hydrogen-bond acceptors (Lipinski definition) is 8. The van der Waals surface area contributed by atoms with Gasteiger partial charge in [-0.05, 0) is 31.7 Å². The normalized spacial score (nSPS) is 16.7. The number of anilines is 3. The molecular weight excluding hydrogens is 443 g/mol. The van der Waals surface area contributed by atoms with E-state index in [2.05, 4.69) is 30.9 Å². The summed E-state index contributed by atoms with van der Waals surface area (Å²) in [6.45, 7) is -2.79. The molecule has 2 aliphatic rings. The average molecular weight is 469 g/mol. The second kappa shape index (κ2) is 8.69. The fourth-order valence-electron chi connectivity index (χ4n) is 3.60. The molecule has 1 aromatic carbocycles. The van der Waals surface area contributed by atoms with E-state index in [-0.39, 0.29) is 46.5 Å². The molecule has 3 N–H and O–H groups in total. The Labute approximate surface area is 198 Å². The van der Waals surface area contributed by atoms with E-state index in [0.29, 0.717) is 11.4 Å². The molecule has 2 aromatic heterocycles. The Bertz CT molecular complexity index is 1370. The molecule has 176 valence electrons. The Kier molecular flexibility index (Phi) is 4.69. The van der Waals surface area contributed by atoms with Crippen molar-refractivity contribution in [1.29, 1.82) is 0 Å². The molecule has 0 spiro atoms. The number of hydrogen-bond donors (Lipinski definition) is 3. The van der Waals surface area contributed by atoms with Crippen molar-refractivity contribution in [2.75, 3.05) is 24.7 Å². The lowest BCUT2D eigenvalue weighted by Crippen LogP contribution is -2.22. The molecule has 0 saturated heterocycles. The summed E-state index contributed by atoms with van der Waals surface area (Å²) >= 11 is 0. The van der Waals surface area contributed by atoms with Gasteiger partial charge in [-0.25, -0.2) is 14.1 Å². The van der Waals surface area contributed by atoms with E-state index in [1.54, 1.807) is 4.68 Å². The molecule has 2 aliphatic carbocycles. The molecule has 34 heavy (non-hydrogen) atoms. The van der Waals surface area contributed by atoms with E-state index < -0.39 is 18.7 Å². The number of nitrogens with zero attached hydrogens (tertiary/aromatic N) is 5. The van der Waals surface area contributed by atoms with Gasteiger partial charge >= 0.3 is 0 Å². The first kappa shape index (κ1) is 18.3. The molecule has 2 saturated carbocycles. The molecule has 3 aromatic rings. The Morgan fingerprint density at radius 2 is 2.00 bits per heavy atom. The number of carbonyl (C=O) groups excluding carboxylic acids is 2. The highest BCUT2D eigenvalue weighted by Crippen LogP contribution is 2.42. The van der Waals surface area contributed by atoms with E-state index in [4.69, 9.17) is 8.85 Å². The van der Waals surface area contributed by atoms with Crippen molar-refractivity contribution in [2.45, 2.75) is 31.7 Å². The van der Waals surface area contributed by atoms with E-state index >= 15 is 0 Å². The van der Waals surface area contributed by atoms with Crippen molar-refractivity contribution >= 4 is 29.0 Å². The number of amides is 2. The number of halogens is 1. The number of carbonyl (C=O) groups is 2. The van der Waals surface area contributed by atoms with Crippen LogP contribution in [0.4, 0.5) is 21.6 Å². The lowest BCUT2D eigenvalue weighted by molar-refractivity contribution is -0.117. The summed E-state index contributed by atoms with van der Waals surface area (Å²) in [5.41, 5.74) is 0.0290. The number of methoxy groups -OCH3 is 1. The van der Waals surface area contributed by atoms with Crippen LogP contribution in [0.1, 0.15) is 46.3 Å². The van der Waals surface area contributed by atoms with Gasteiger partial charge in [-0.1, -0.05) is 0 Å². The van der Waals surface area contributed by atoms with Crippen LogP contribution < -0.4 is 20.7 Å². The Hall–Kier alpha value is -4.09. The van der Waals surface area contributed by atoms with E-state index in [0.717, 1.165) is 31.7 Å². The number of benzene rings is 1. The predicted molar refractivity (Wildman–Crippen MR) is 120 cm³/mol. The molecule has 0 aliphatic heterocycles. The van der Waals surface area contributed by atoms with Gasteiger partial charge in [-0.15, -0.1) is 10.2 Å². The summed E-state index contributed by atoms with van der Waals surface area (Å²) < 4.78 is 44.1. The molecule has 0 unspecified atom stereocenters. The fourth-order valence-corrected chi connectivity index (χ4v) is 3.60. The highest BCUT2D eigenvalue weighted by molar-refractivity contribution is 6.00. The van der Waals surface area contributed by atoms with Crippen LogP contribution in [0.25, 0.3) is 11.4 Å². The van der Waals surface area contributed by atoms with Crippen LogP contribution in [0.15, 0.2) is 24.5 Å². The number of ether oxygens (including phenoxy) is 1. The number of rotatable bonds is 8. The quantitative estimate of drug-likeness (QED) is 0.458. The maximum atomic E-state index is 14.8. The standard InChI is InChI=1S/C22H23FN8O3/c1-24-22(33)18-15(9-17(29-30-18)28-21(32)11-3-4-11)27-16-8-12(23)7-14(19(16)34-2)20-25-10-26-31(20)13-5-6-13/h7-11,13H,3-6H2,1-2H3,(H,24,33)(H2,27,28,29,32)/i1D3. The molecule has 2 amide bonds. The van der Waals surface area contributed by atoms with E-state index in [1.807, 2.05) is 5.32 Å². The summed E-state index contributed by atoms with van der Waals surface area (Å²) in [7, 11) is 1.40. The van der Waals surface area contributed by atoms with Crippen molar-refractivity contribution in [3.05, 3.63) is 36.0 Å². The van der Waals surface area contributed by atoms with Crippen LogP contribution >= 0.6 is 0 Å². The smallest absolute Gasteiger partial charge is 0.273 e. The lowest BCUT2D eigenvalue weighted by Gasteiger charge is -2.17. The van der Waals surface area contributed by atoms with Gasteiger partial charge in [0, 0.05) is 29.1 Å². The lowest BCUT2D eigenvalue weighted by atomic mass is 10.1. The molecule has 2 fully saturated rings. The van der Waals surface area contributed by atoms with Gasteiger partial charge in [0.25, 0.3) is 5.91 Å². The monoisotopic (exact) mass is 469 g/mol. The third-order valence-corrected chi connectivity index (χ3v) is 5.56. The third kappa shape index (κ3) is 4.26. The zero-order valence-corrected chi connectivity index (χ0v) is 18.1. The van der Waals surface area contributed by atoms with Gasteiger partial charge in [-0.3, -0.25) is 9.59 Å². The van der Waals surface area contributed by atoms with Gasteiger partial charge in [0.1, 0.15) is 12.1 Å². The molecule has 2 heterocycles. The first-order valence-corrected chi connectivity index (χ1v) is 10.7. The summed E-state index contributed by atoms with van der Waals surface area (Å²) in [4.78, 5) is 29.2. The number of nitrogens with one attached hydrogen (secondary N) is 3. The van der Waals surface area contributed by atoms with Crippen molar-refractivity contribution < 1.29 is 22.8 Å². The molecule has 0 atom stereocenters. The molecule has 5 rings (SSSR count). The van der Waals surface area contributed by atoms with E-state index in [9.17, 15) is 14.0 Å². The summed E-state index contributed by atoms with van der Waals surface area (Å²) in [5.74, 6) is -1.38. The first-order valence-electron chi connectivity index (χ1n) is 12.2. The maximum absolute atomic E-state index is 14.8. The van der Waals surface area contributed by atoms with Crippen LogP contribution in [0.3, 0.4) is 0 Å². The summed E-state index contributed by atoms with van der Waals surface area (Å²) in [6.07, 6.45) is 4.76. The van der Waals surface area contributed by atoms with Crippen LogP contribution in [0, 0.1) is 11.7 Å². The average Bonchev–Trinajstić information content (AvgIpc) is 3.76. The fraction of sp³-hybridized carbons (Fsp3) is 0.364. The first-order chi connectivity index (χ1) is 17.6. The van der Waals surface area contributed by atoms with Crippen molar-refractivity contribution in [3.8, 4) is 17.1 Å². The minimum absolute atomic E-state index is 0.0265. The maximum Gasteiger partial charge on any atom is 0.273 e. The van der Waals surface area contributed by atoms with Crippen LogP contribution in [0.5, 0.6) is 5.75 Å². The van der Waals surface area contributed by atoms with Gasteiger partial charge in [0.15, 0.2) is 23.1 Å². The van der Waals surface area contributed by atoms with Crippen molar-refractivity contribution in [1.82, 2.24) is 30.3 Å². The van der Waals surface area contributed by atoms with Crippen LogP contribution in [-0.4, -0.2) is 50.9 Å². The van der Waals surface area contributed by atoms with E-state index in [1.165, 1.54) is 25.6 Å². The molecular formula is C22H23FN8O3. The SMILES string of the molecule is [2H]C([2H])([2H])NC(=O)c1nnc(NC(=O)C2CC2)cc1Nc1cc(F)cc(-c2ncnn2C2CC2)c1OC. The van der Waals surface area contributed by atoms with Gasteiger partial charge in [0.2, 0.25) is 5.91 Å². The zero-order valence-electron chi connectivity index (χ0n) is 21.1. The highest BCUT2D eigenvalue weighted by Gasteiger charge is 2.31. The van der Waals surface area contributed by atoms with Crippen molar-refractivity contribution in [3.63, 3.8) is 0 Å². The Balaban J connectivity index is 1.55. The second-order valence-corrected chi connectivity index (χ2v) is 8.13. The van der Waals surface area contributed by atoms with Gasteiger partial charge in [0.05, 0.1) is 30.1 Å². The molecule has 12 heteroatoms. The minimum Gasteiger partial charge on any atom is -0.494 e. The topological polar surface area (TPSA) is 136 Å². The van der Waals surface area contributed by atoms with Crippen molar-refractivity contribution in [2.24, 2.45) is 5.92 Å². The van der Waals surface area contributed by atoms with Gasteiger partial charge in [-0.2, -0.15) is 5.10 Å². The molecule has 0 bridgehead atoms. The second-order valence-electron chi connectivity index (χ2n) is 8.13. The van der Waals surface area contributed by atoms with Gasteiger partial charge < -0.3 is 20.7 Å². The minimum atomic E-state index is -2.79. The van der Waals surface area contributed by atoms with Crippen LogP contribution in [-0.2, 0) is 4.79 Å². The Morgan fingerprint density at radius 3 is 2.71 bits per heavy atom.